The highest BCUT2D eigenvalue weighted by Crippen LogP contribution is 2.30. The van der Waals surface area contributed by atoms with E-state index >= 15 is 0 Å². The average Bonchev–Trinajstić information content (AvgIpc) is 3.28. The van der Waals surface area contributed by atoms with Crippen molar-refractivity contribution in [2.24, 2.45) is 0 Å². The number of Topliss-reactive ketones (excluding diaryl/α,β-unsaturated/α-hetero) is 1. The number of nitrogens with zero attached hydrogens (tertiary/aromatic N) is 3. The van der Waals surface area contributed by atoms with Crippen molar-refractivity contribution in [3.8, 4) is 22.7 Å². The normalized spacial score (nSPS) is 10.9. The zero-order chi connectivity index (χ0) is 25.9. The number of halogens is 1. The molecule has 0 aliphatic carbocycles. The molecule has 0 saturated carbocycles. The third-order valence-corrected chi connectivity index (χ3v) is 5.92. The summed E-state index contributed by atoms with van der Waals surface area (Å²) < 4.78 is 25.5. The van der Waals surface area contributed by atoms with E-state index in [9.17, 15) is 14.0 Å². The van der Waals surface area contributed by atoms with Crippen LogP contribution in [-0.4, -0.2) is 40.2 Å². The Balaban J connectivity index is 1.57. The van der Waals surface area contributed by atoms with E-state index < -0.39 is 24.2 Å². The number of aryl methyl sites for hydroxylation is 1. The van der Waals surface area contributed by atoms with Gasteiger partial charge in [0.15, 0.2) is 18.0 Å². The molecule has 0 spiro atoms. The number of pyridine rings is 1. The first-order valence-electron chi connectivity index (χ1n) is 11.5. The summed E-state index contributed by atoms with van der Waals surface area (Å²) in [7, 11) is 1.59. The molecule has 184 valence electrons. The van der Waals surface area contributed by atoms with Gasteiger partial charge in [0.05, 0.1) is 35.1 Å². The van der Waals surface area contributed by atoms with Gasteiger partial charge in [-0.25, -0.2) is 18.9 Å². The van der Waals surface area contributed by atoms with Crippen LogP contribution in [0.5, 0.6) is 5.75 Å². The molecule has 0 fully saturated rings. The maximum Gasteiger partial charge on any atom is 0.339 e. The number of carbonyl (C=O) groups is 2. The number of rotatable bonds is 7. The first kappa shape index (κ1) is 23.9. The van der Waals surface area contributed by atoms with E-state index in [0.29, 0.717) is 28.2 Å². The lowest BCUT2D eigenvalue weighted by Gasteiger charge is -2.10. The van der Waals surface area contributed by atoms with Crippen LogP contribution in [0.2, 0.25) is 0 Å². The highest BCUT2D eigenvalue weighted by molar-refractivity contribution is 6.06. The molecule has 0 bridgehead atoms. The molecule has 5 aromatic rings. The Kier molecular flexibility index (Phi) is 6.47. The second-order valence-corrected chi connectivity index (χ2v) is 8.32. The lowest BCUT2D eigenvalue weighted by atomic mass is 10.1. The topological polar surface area (TPSA) is 83.3 Å². The fourth-order valence-electron chi connectivity index (χ4n) is 4.04. The van der Waals surface area contributed by atoms with Crippen molar-refractivity contribution in [3.63, 3.8) is 0 Å². The number of ether oxygens (including phenoxy) is 2. The Bertz CT molecular complexity index is 1600. The summed E-state index contributed by atoms with van der Waals surface area (Å²) >= 11 is 0. The molecule has 0 amide bonds. The van der Waals surface area contributed by atoms with Crippen molar-refractivity contribution < 1.29 is 23.5 Å². The standard InChI is InChI=1S/C29H22FN3O4/c1-18-27-24(29(35)37-17-26(34)20-8-12-21(30)13-9-20)16-25(19-10-14-23(36-2)15-11-19)31-28(27)33(32-18)22-6-4-3-5-7-22/h3-16H,17H2,1-2H3. The van der Waals surface area contributed by atoms with Gasteiger partial charge < -0.3 is 9.47 Å². The Labute approximate surface area is 212 Å². The minimum Gasteiger partial charge on any atom is -0.497 e. The van der Waals surface area contributed by atoms with E-state index in [4.69, 9.17) is 14.5 Å². The molecule has 8 heteroatoms. The van der Waals surface area contributed by atoms with Gasteiger partial charge in [-0.1, -0.05) is 18.2 Å². The molecule has 37 heavy (non-hydrogen) atoms. The van der Waals surface area contributed by atoms with Crippen LogP contribution in [-0.2, 0) is 4.74 Å². The maximum atomic E-state index is 13.3. The van der Waals surface area contributed by atoms with Crippen LogP contribution in [0.1, 0.15) is 26.4 Å². The summed E-state index contributed by atoms with van der Waals surface area (Å²) in [5.74, 6) is -0.891. The van der Waals surface area contributed by atoms with Crippen molar-refractivity contribution in [2.75, 3.05) is 13.7 Å². The lowest BCUT2D eigenvalue weighted by Crippen LogP contribution is -2.15. The number of para-hydroxylation sites is 1. The number of methoxy groups -OCH3 is 1. The molecular weight excluding hydrogens is 473 g/mol. The largest absolute Gasteiger partial charge is 0.497 e. The third kappa shape index (κ3) is 4.81. The number of aromatic nitrogens is 3. The van der Waals surface area contributed by atoms with Crippen molar-refractivity contribution in [1.29, 1.82) is 0 Å². The van der Waals surface area contributed by atoms with E-state index in [1.807, 2.05) is 42.5 Å². The second-order valence-electron chi connectivity index (χ2n) is 8.32. The summed E-state index contributed by atoms with van der Waals surface area (Å²) in [5, 5.41) is 5.17. The highest BCUT2D eigenvalue weighted by atomic mass is 19.1. The summed E-state index contributed by atoms with van der Waals surface area (Å²) in [4.78, 5) is 30.7. The highest BCUT2D eigenvalue weighted by Gasteiger charge is 2.23. The van der Waals surface area contributed by atoms with Crippen molar-refractivity contribution in [3.05, 3.63) is 108 Å². The Hall–Kier alpha value is -4.85. The van der Waals surface area contributed by atoms with Gasteiger partial charge in [0.2, 0.25) is 0 Å². The fraction of sp³-hybridized carbons (Fsp3) is 0.103. The van der Waals surface area contributed by atoms with Gasteiger partial charge in [-0.2, -0.15) is 5.10 Å². The van der Waals surface area contributed by atoms with Crippen LogP contribution in [0.15, 0.2) is 84.9 Å². The van der Waals surface area contributed by atoms with Gasteiger partial charge in [-0.15, -0.1) is 0 Å². The number of carbonyl (C=O) groups excluding carboxylic acids is 2. The van der Waals surface area contributed by atoms with Crippen LogP contribution in [0.4, 0.5) is 4.39 Å². The summed E-state index contributed by atoms with van der Waals surface area (Å²) in [6, 6.07) is 23.5. The molecule has 0 saturated heterocycles. The molecule has 0 unspecified atom stereocenters. The minimum absolute atomic E-state index is 0.238. The molecule has 0 N–H and O–H groups in total. The minimum atomic E-state index is -0.687. The predicted molar refractivity (Wildman–Crippen MR) is 137 cm³/mol. The molecule has 0 radical (unpaired) electrons. The summed E-state index contributed by atoms with van der Waals surface area (Å²) in [6.45, 7) is 1.30. The van der Waals surface area contributed by atoms with E-state index in [2.05, 4.69) is 5.10 Å². The van der Waals surface area contributed by atoms with E-state index in [-0.39, 0.29) is 11.1 Å². The SMILES string of the molecule is COc1ccc(-c2cc(C(=O)OCC(=O)c3ccc(F)cc3)c3c(C)nn(-c4ccccc4)c3n2)cc1. The summed E-state index contributed by atoms with van der Waals surface area (Å²) in [5.41, 5.74) is 3.63. The average molecular weight is 496 g/mol. The van der Waals surface area contributed by atoms with Crippen LogP contribution in [0.3, 0.4) is 0 Å². The molecule has 7 nitrogen and oxygen atoms in total. The van der Waals surface area contributed by atoms with Gasteiger partial charge in [0, 0.05) is 11.1 Å². The monoisotopic (exact) mass is 495 g/mol. The number of fused-ring (bicyclic) bond motifs is 1. The number of benzene rings is 3. The first-order valence-corrected chi connectivity index (χ1v) is 11.5. The molecule has 0 atom stereocenters. The van der Waals surface area contributed by atoms with Crippen LogP contribution >= 0.6 is 0 Å². The number of hydrogen-bond acceptors (Lipinski definition) is 6. The van der Waals surface area contributed by atoms with Crippen LogP contribution < -0.4 is 4.74 Å². The maximum absolute atomic E-state index is 13.3. The van der Waals surface area contributed by atoms with Crippen molar-refractivity contribution >= 4 is 22.8 Å². The zero-order valence-corrected chi connectivity index (χ0v) is 20.1. The zero-order valence-electron chi connectivity index (χ0n) is 20.1. The van der Waals surface area contributed by atoms with Gasteiger partial charge >= 0.3 is 5.97 Å². The third-order valence-electron chi connectivity index (χ3n) is 5.92. The Morgan fingerprint density at radius 3 is 2.32 bits per heavy atom. The smallest absolute Gasteiger partial charge is 0.339 e. The van der Waals surface area contributed by atoms with Gasteiger partial charge in [-0.3, -0.25) is 4.79 Å². The molecule has 5 rings (SSSR count). The van der Waals surface area contributed by atoms with Gasteiger partial charge in [-0.05, 0) is 73.7 Å². The quantitative estimate of drug-likeness (QED) is 0.216. The van der Waals surface area contributed by atoms with Gasteiger partial charge in [0.1, 0.15) is 11.6 Å². The molecule has 0 aliphatic rings. The Morgan fingerprint density at radius 2 is 1.65 bits per heavy atom. The van der Waals surface area contributed by atoms with Crippen molar-refractivity contribution in [2.45, 2.75) is 6.92 Å². The molecule has 2 aromatic heterocycles. The van der Waals surface area contributed by atoms with E-state index in [1.54, 1.807) is 36.9 Å². The fourth-order valence-corrected chi connectivity index (χ4v) is 4.04. The predicted octanol–water partition coefficient (Wildman–Crippen LogP) is 5.58. The van der Waals surface area contributed by atoms with E-state index in [0.717, 1.165) is 11.3 Å². The number of hydrogen-bond donors (Lipinski definition) is 0. The lowest BCUT2D eigenvalue weighted by molar-refractivity contribution is 0.0476. The Morgan fingerprint density at radius 1 is 0.946 bits per heavy atom. The molecular formula is C29H22FN3O4. The number of ketones is 1. The van der Waals surface area contributed by atoms with Crippen LogP contribution in [0, 0.1) is 12.7 Å². The second kappa shape index (κ2) is 10.0. The first-order chi connectivity index (χ1) is 17.9. The van der Waals surface area contributed by atoms with E-state index in [1.165, 1.54) is 24.3 Å². The molecule has 3 aromatic carbocycles. The molecule has 2 heterocycles. The van der Waals surface area contributed by atoms with Crippen LogP contribution in [0.25, 0.3) is 28.0 Å². The molecule has 0 aliphatic heterocycles. The van der Waals surface area contributed by atoms with Gasteiger partial charge in [0.25, 0.3) is 0 Å². The number of esters is 1. The summed E-state index contributed by atoms with van der Waals surface area (Å²) in [6.07, 6.45) is 0. The van der Waals surface area contributed by atoms with Crippen molar-refractivity contribution in [1.82, 2.24) is 14.8 Å².